The van der Waals surface area contributed by atoms with E-state index in [0.717, 1.165) is 0 Å². The number of aliphatic hydroxyl groups is 1. The molecule has 140 valence electrons. The van der Waals surface area contributed by atoms with Gasteiger partial charge in [0.25, 0.3) is 0 Å². The smallest absolute Gasteiger partial charge is 0.303 e. The number of methoxy groups -OCH3 is 1. The van der Waals surface area contributed by atoms with E-state index in [2.05, 4.69) is 15.0 Å². The van der Waals surface area contributed by atoms with Crippen molar-refractivity contribution < 1.29 is 33.6 Å². The lowest BCUT2D eigenvalue weighted by molar-refractivity contribution is -0.155. The maximum Gasteiger partial charge on any atom is 0.303 e. The average molecular weight is 366 g/mol. The molecule has 0 aromatic carbocycles. The molecule has 0 aliphatic carbocycles. The molecule has 0 saturated carbocycles. The topological polar surface area (TPSA) is 135 Å². The number of hydrogen-bond acceptors (Lipinski definition) is 10. The summed E-state index contributed by atoms with van der Waals surface area (Å²) in [4.78, 5) is 34.8. The Kier molecular flexibility index (Phi) is 5.00. The molecule has 0 unspecified atom stereocenters. The molecule has 11 nitrogen and oxygen atoms in total. The molecule has 2 aromatic heterocycles. The van der Waals surface area contributed by atoms with Crippen molar-refractivity contribution in [2.75, 3.05) is 13.7 Å². The van der Waals surface area contributed by atoms with Gasteiger partial charge in [-0.25, -0.2) is 9.97 Å². The number of fused-ring (bicyclic) bond motifs is 1. The number of esters is 2. The van der Waals surface area contributed by atoms with Crippen molar-refractivity contribution in [2.24, 2.45) is 0 Å². The summed E-state index contributed by atoms with van der Waals surface area (Å²) in [6, 6.07) is 0. The molecule has 0 bridgehead atoms. The number of aromatic nitrogens is 4. The van der Waals surface area contributed by atoms with Crippen LogP contribution in [-0.2, 0) is 23.8 Å². The third kappa shape index (κ3) is 3.30. The van der Waals surface area contributed by atoms with Crippen LogP contribution in [0, 0.1) is 0 Å². The number of imidazole rings is 1. The van der Waals surface area contributed by atoms with Gasteiger partial charge in [-0.1, -0.05) is 0 Å². The van der Waals surface area contributed by atoms with Gasteiger partial charge >= 0.3 is 11.9 Å². The van der Waals surface area contributed by atoms with Crippen molar-refractivity contribution >= 4 is 23.1 Å². The molecular formula is C15H18N4O7. The van der Waals surface area contributed by atoms with Crippen LogP contribution in [0.4, 0.5) is 0 Å². The first-order valence-electron chi connectivity index (χ1n) is 7.78. The van der Waals surface area contributed by atoms with E-state index in [1.807, 2.05) is 0 Å². The number of carbonyl (C=O) groups is 2. The number of nitrogens with zero attached hydrogens (tertiary/aromatic N) is 4. The van der Waals surface area contributed by atoms with Crippen molar-refractivity contribution in [3.63, 3.8) is 0 Å². The highest BCUT2D eigenvalue weighted by Crippen LogP contribution is 2.34. The highest BCUT2D eigenvalue weighted by Gasteiger charge is 2.48. The minimum absolute atomic E-state index is 0.185. The van der Waals surface area contributed by atoms with Crippen LogP contribution in [0.1, 0.15) is 20.1 Å². The number of hydrogen-bond donors (Lipinski definition) is 1. The van der Waals surface area contributed by atoms with E-state index in [1.54, 1.807) is 0 Å². The summed E-state index contributed by atoms with van der Waals surface area (Å²) in [7, 11) is 1.45. The van der Waals surface area contributed by atoms with E-state index in [4.69, 9.17) is 18.9 Å². The summed E-state index contributed by atoms with van der Waals surface area (Å²) >= 11 is 0. The molecular weight excluding hydrogens is 348 g/mol. The predicted octanol–water partition coefficient (Wildman–Crippen LogP) is -0.412. The summed E-state index contributed by atoms with van der Waals surface area (Å²) < 4.78 is 22.6. The molecule has 1 N–H and O–H groups in total. The van der Waals surface area contributed by atoms with Crippen LogP contribution in [0.2, 0.25) is 0 Å². The van der Waals surface area contributed by atoms with Gasteiger partial charge in [0, 0.05) is 13.8 Å². The zero-order valence-electron chi connectivity index (χ0n) is 14.4. The van der Waals surface area contributed by atoms with Crippen molar-refractivity contribution in [2.45, 2.75) is 38.4 Å². The van der Waals surface area contributed by atoms with Gasteiger partial charge < -0.3 is 24.1 Å². The molecule has 0 amide bonds. The van der Waals surface area contributed by atoms with Crippen molar-refractivity contribution in [3.8, 4) is 5.88 Å². The van der Waals surface area contributed by atoms with Crippen molar-refractivity contribution in [1.29, 1.82) is 0 Å². The molecule has 1 saturated heterocycles. The number of aliphatic hydroxyl groups excluding tert-OH is 1. The van der Waals surface area contributed by atoms with Gasteiger partial charge in [-0.2, -0.15) is 4.98 Å². The Bertz CT molecular complexity index is 823. The monoisotopic (exact) mass is 366 g/mol. The van der Waals surface area contributed by atoms with Gasteiger partial charge in [-0.15, -0.1) is 0 Å². The Morgan fingerprint density at radius 1 is 1.27 bits per heavy atom. The molecule has 1 aliphatic heterocycles. The fourth-order valence-electron chi connectivity index (χ4n) is 2.76. The minimum Gasteiger partial charge on any atom is -0.479 e. The molecule has 26 heavy (non-hydrogen) atoms. The van der Waals surface area contributed by atoms with Gasteiger partial charge in [0.05, 0.1) is 13.4 Å². The maximum atomic E-state index is 11.5. The normalized spacial score (nSPS) is 25.2. The number of rotatable bonds is 5. The standard InChI is InChI=1S/C15H18N4O7/c1-7(20)24-4-9-11(22)12(25-8(2)21)15(26-9)19-6-18-10-13(19)16-5-17-14(10)23-3/h5-6,9,11-12,15,22H,4H2,1-3H3/t9-,11-,12+,15-/m1/s1. The predicted molar refractivity (Wildman–Crippen MR) is 84.0 cm³/mol. The molecule has 0 spiro atoms. The summed E-state index contributed by atoms with van der Waals surface area (Å²) in [6.45, 7) is 2.28. The zero-order valence-corrected chi connectivity index (χ0v) is 14.4. The molecule has 1 aliphatic rings. The second-order valence-corrected chi connectivity index (χ2v) is 5.64. The quantitative estimate of drug-likeness (QED) is 0.696. The van der Waals surface area contributed by atoms with E-state index < -0.39 is 36.5 Å². The van der Waals surface area contributed by atoms with Gasteiger partial charge in [0.1, 0.15) is 25.1 Å². The fraction of sp³-hybridized carbons (Fsp3) is 0.533. The SMILES string of the molecule is COc1ncnc2c1ncn2[C@@H]1O[C@H](COC(C)=O)[C@@H](O)[C@@H]1OC(C)=O. The molecule has 1 fully saturated rings. The molecule has 2 aromatic rings. The lowest BCUT2D eigenvalue weighted by Gasteiger charge is -2.21. The minimum atomic E-state index is -1.20. The molecule has 0 radical (unpaired) electrons. The van der Waals surface area contributed by atoms with Crippen LogP contribution >= 0.6 is 0 Å². The molecule has 3 heterocycles. The van der Waals surface area contributed by atoms with E-state index >= 15 is 0 Å². The Morgan fingerprint density at radius 3 is 2.69 bits per heavy atom. The highest BCUT2D eigenvalue weighted by molar-refractivity contribution is 5.76. The van der Waals surface area contributed by atoms with E-state index in [0.29, 0.717) is 11.2 Å². The third-order valence-corrected chi connectivity index (χ3v) is 3.86. The van der Waals surface area contributed by atoms with Crippen molar-refractivity contribution in [1.82, 2.24) is 19.5 Å². The second-order valence-electron chi connectivity index (χ2n) is 5.64. The van der Waals surface area contributed by atoms with Crippen LogP contribution < -0.4 is 4.74 Å². The van der Waals surface area contributed by atoms with Crippen LogP contribution in [-0.4, -0.2) is 68.6 Å². The highest BCUT2D eigenvalue weighted by atomic mass is 16.6. The van der Waals surface area contributed by atoms with Gasteiger partial charge in [0.2, 0.25) is 5.88 Å². The summed E-state index contributed by atoms with van der Waals surface area (Å²) in [5.41, 5.74) is 0.762. The summed E-state index contributed by atoms with van der Waals surface area (Å²) in [6.07, 6.45) is -1.32. The van der Waals surface area contributed by atoms with Crippen LogP contribution in [0.3, 0.4) is 0 Å². The third-order valence-electron chi connectivity index (χ3n) is 3.86. The Morgan fingerprint density at radius 2 is 2.04 bits per heavy atom. The first-order chi connectivity index (χ1) is 12.4. The van der Waals surface area contributed by atoms with E-state index in [-0.39, 0.29) is 12.5 Å². The van der Waals surface area contributed by atoms with Gasteiger partial charge in [-0.3, -0.25) is 14.2 Å². The van der Waals surface area contributed by atoms with Gasteiger partial charge in [0.15, 0.2) is 23.5 Å². The zero-order chi connectivity index (χ0) is 18.8. The number of ether oxygens (including phenoxy) is 4. The van der Waals surface area contributed by atoms with E-state index in [9.17, 15) is 14.7 Å². The Labute approximate surface area is 147 Å². The first-order valence-corrected chi connectivity index (χ1v) is 7.78. The van der Waals surface area contributed by atoms with Crippen LogP contribution in [0.15, 0.2) is 12.7 Å². The fourth-order valence-corrected chi connectivity index (χ4v) is 2.76. The lowest BCUT2D eigenvalue weighted by atomic mass is 10.1. The molecule has 4 atom stereocenters. The summed E-state index contributed by atoms with van der Waals surface area (Å²) in [5, 5.41) is 10.5. The molecule has 3 rings (SSSR count). The second kappa shape index (κ2) is 7.22. The molecule has 11 heteroatoms. The first kappa shape index (κ1) is 18.0. The summed E-state index contributed by atoms with van der Waals surface area (Å²) in [5.74, 6) is -0.834. The van der Waals surface area contributed by atoms with Crippen molar-refractivity contribution in [3.05, 3.63) is 12.7 Å². The maximum absolute atomic E-state index is 11.5. The largest absolute Gasteiger partial charge is 0.479 e. The van der Waals surface area contributed by atoms with Crippen LogP contribution in [0.5, 0.6) is 5.88 Å². The average Bonchev–Trinajstić information content (AvgIpc) is 3.15. The van der Waals surface area contributed by atoms with E-state index in [1.165, 1.54) is 38.2 Å². The number of carbonyl (C=O) groups excluding carboxylic acids is 2. The lowest BCUT2D eigenvalue weighted by Crippen LogP contribution is -2.37. The Hall–Kier alpha value is -2.79. The Balaban J connectivity index is 1.95. The van der Waals surface area contributed by atoms with Gasteiger partial charge in [-0.05, 0) is 0 Å². The van der Waals surface area contributed by atoms with Crippen LogP contribution in [0.25, 0.3) is 11.2 Å².